The van der Waals surface area contributed by atoms with Gasteiger partial charge < -0.3 is 14.6 Å². The Labute approximate surface area is 105 Å². The molecule has 0 spiro atoms. The molecule has 0 fully saturated rings. The highest BCUT2D eigenvalue weighted by Crippen LogP contribution is 2.30. The molecule has 1 rings (SSSR count). The maximum Gasteiger partial charge on any atom is 0.233 e. The lowest BCUT2D eigenvalue weighted by atomic mass is 10.1. The Hall–Kier alpha value is -1.82. The van der Waals surface area contributed by atoms with Gasteiger partial charge in [-0.15, -0.1) is 0 Å². The molecular formula is C12H17NO5. The number of benzene rings is 1. The topological polar surface area (TPSA) is 81.8 Å². The molecule has 1 aromatic rings. The number of aliphatic hydroxyl groups excluding tert-OH is 1. The molecule has 0 amide bonds. The first-order valence-corrected chi connectivity index (χ1v) is 5.77. The van der Waals surface area contributed by atoms with Gasteiger partial charge in [-0.1, -0.05) is 6.07 Å². The van der Waals surface area contributed by atoms with Crippen LogP contribution in [-0.2, 0) is 0 Å². The lowest BCUT2D eigenvalue weighted by Crippen LogP contribution is -2.12. The molecule has 1 aromatic carbocycles. The zero-order valence-electron chi connectivity index (χ0n) is 10.5. The highest BCUT2D eigenvalue weighted by atomic mass is 16.6. The van der Waals surface area contributed by atoms with Crippen molar-refractivity contribution in [3.05, 3.63) is 33.9 Å². The molecule has 0 radical (unpaired) electrons. The standard InChI is InChI=1S/C12H17NO5/c1-3-17-11-6-5-9(7-12(11)18-4-2)10(14)8-13(15)16/h5-7,10,14H,3-4,8H2,1-2H3/t10-/m0/s1. The molecule has 100 valence electrons. The summed E-state index contributed by atoms with van der Waals surface area (Å²) < 4.78 is 10.7. The average Bonchev–Trinajstić information content (AvgIpc) is 2.31. The van der Waals surface area contributed by atoms with Crippen molar-refractivity contribution in [3.8, 4) is 11.5 Å². The van der Waals surface area contributed by atoms with Crippen LogP contribution >= 0.6 is 0 Å². The minimum atomic E-state index is -1.14. The molecule has 6 heteroatoms. The smallest absolute Gasteiger partial charge is 0.233 e. The van der Waals surface area contributed by atoms with E-state index in [4.69, 9.17) is 9.47 Å². The highest BCUT2D eigenvalue weighted by Gasteiger charge is 2.16. The first-order chi connectivity index (χ1) is 8.58. The molecule has 0 aromatic heterocycles. The molecule has 6 nitrogen and oxygen atoms in total. The van der Waals surface area contributed by atoms with E-state index in [2.05, 4.69) is 0 Å². The molecule has 0 aliphatic carbocycles. The Kier molecular flexibility index (Phi) is 5.38. The fraction of sp³-hybridized carbons (Fsp3) is 0.500. The summed E-state index contributed by atoms with van der Waals surface area (Å²) in [5.41, 5.74) is 0.443. The molecule has 0 unspecified atom stereocenters. The predicted molar refractivity (Wildman–Crippen MR) is 65.6 cm³/mol. The van der Waals surface area contributed by atoms with Gasteiger partial charge in [0.2, 0.25) is 6.54 Å². The van der Waals surface area contributed by atoms with Gasteiger partial charge in [0.05, 0.1) is 13.2 Å². The Bertz CT molecular complexity index is 407. The van der Waals surface area contributed by atoms with Crippen molar-refractivity contribution >= 4 is 0 Å². The van der Waals surface area contributed by atoms with E-state index in [1.54, 1.807) is 18.2 Å². The van der Waals surface area contributed by atoms with Crippen LogP contribution in [0.3, 0.4) is 0 Å². The van der Waals surface area contributed by atoms with Crippen LogP contribution in [0.5, 0.6) is 11.5 Å². The van der Waals surface area contributed by atoms with Crippen molar-refractivity contribution in [2.75, 3.05) is 19.8 Å². The van der Waals surface area contributed by atoms with E-state index in [0.29, 0.717) is 30.3 Å². The summed E-state index contributed by atoms with van der Waals surface area (Å²) in [4.78, 5) is 9.80. The number of rotatable bonds is 7. The van der Waals surface area contributed by atoms with Crippen LogP contribution in [0.2, 0.25) is 0 Å². The Morgan fingerprint density at radius 2 is 1.89 bits per heavy atom. The lowest BCUT2D eigenvalue weighted by molar-refractivity contribution is -0.491. The maximum atomic E-state index is 10.4. The summed E-state index contributed by atoms with van der Waals surface area (Å²) in [5, 5.41) is 20.0. The van der Waals surface area contributed by atoms with Crippen molar-refractivity contribution in [2.45, 2.75) is 20.0 Å². The van der Waals surface area contributed by atoms with Crippen molar-refractivity contribution in [3.63, 3.8) is 0 Å². The number of hydrogen-bond donors (Lipinski definition) is 1. The molecule has 0 heterocycles. The molecular weight excluding hydrogens is 238 g/mol. The number of nitro groups is 1. The van der Waals surface area contributed by atoms with Crippen LogP contribution in [0.15, 0.2) is 18.2 Å². The van der Waals surface area contributed by atoms with Gasteiger partial charge in [0.1, 0.15) is 6.10 Å². The monoisotopic (exact) mass is 255 g/mol. The molecule has 0 bridgehead atoms. The van der Waals surface area contributed by atoms with Crippen LogP contribution in [0, 0.1) is 10.1 Å². The quantitative estimate of drug-likeness (QED) is 0.593. The number of nitrogens with zero attached hydrogens (tertiary/aromatic N) is 1. The van der Waals surface area contributed by atoms with Gasteiger partial charge in [-0.25, -0.2) is 0 Å². The average molecular weight is 255 g/mol. The third-order valence-electron chi connectivity index (χ3n) is 2.27. The maximum absolute atomic E-state index is 10.4. The predicted octanol–water partition coefficient (Wildman–Crippen LogP) is 1.79. The second-order valence-electron chi connectivity index (χ2n) is 3.60. The van der Waals surface area contributed by atoms with Crippen molar-refractivity contribution in [1.29, 1.82) is 0 Å². The van der Waals surface area contributed by atoms with Crippen LogP contribution in [-0.4, -0.2) is 29.8 Å². The van der Waals surface area contributed by atoms with Crippen molar-refractivity contribution in [2.24, 2.45) is 0 Å². The number of hydrogen-bond acceptors (Lipinski definition) is 5. The zero-order valence-corrected chi connectivity index (χ0v) is 10.5. The summed E-state index contributed by atoms with van der Waals surface area (Å²) in [6, 6.07) is 4.82. The summed E-state index contributed by atoms with van der Waals surface area (Å²) >= 11 is 0. The first-order valence-electron chi connectivity index (χ1n) is 5.77. The minimum Gasteiger partial charge on any atom is -0.490 e. The third-order valence-corrected chi connectivity index (χ3v) is 2.27. The molecule has 0 aliphatic heterocycles. The van der Waals surface area contributed by atoms with E-state index in [1.165, 1.54) is 0 Å². The number of ether oxygens (including phenoxy) is 2. The second-order valence-corrected chi connectivity index (χ2v) is 3.60. The van der Waals surface area contributed by atoms with Gasteiger partial charge in [0.25, 0.3) is 0 Å². The van der Waals surface area contributed by atoms with Crippen LogP contribution < -0.4 is 9.47 Å². The zero-order chi connectivity index (χ0) is 13.5. The van der Waals surface area contributed by atoms with E-state index in [1.807, 2.05) is 13.8 Å². The highest BCUT2D eigenvalue weighted by molar-refractivity contribution is 5.43. The SMILES string of the molecule is CCOc1ccc([C@@H](O)C[N+](=O)[O-])cc1OCC. The fourth-order valence-electron chi connectivity index (χ4n) is 1.52. The van der Waals surface area contributed by atoms with Gasteiger partial charge in [-0.2, -0.15) is 0 Å². The summed E-state index contributed by atoms with van der Waals surface area (Å²) in [6.07, 6.45) is -1.14. The molecule has 1 N–H and O–H groups in total. The van der Waals surface area contributed by atoms with E-state index < -0.39 is 17.6 Å². The molecule has 18 heavy (non-hydrogen) atoms. The normalized spacial score (nSPS) is 11.9. The van der Waals surface area contributed by atoms with E-state index in [0.717, 1.165) is 0 Å². The minimum absolute atomic E-state index is 0.443. The molecule has 1 atom stereocenters. The van der Waals surface area contributed by atoms with Gasteiger partial charge in [-0.05, 0) is 31.5 Å². The Balaban J connectivity index is 2.94. The van der Waals surface area contributed by atoms with Crippen LogP contribution in [0.1, 0.15) is 25.5 Å². The molecule has 0 aliphatic rings. The molecule has 0 saturated heterocycles. The van der Waals surface area contributed by atoms with Crippen molar-refractivity contribution in [1.82, 2.24) is 0 Å². The second kappa shape index (κ2) is 6.80. The Morgan fingerprint density at radius 1 is 1.28 bits per heavy atom. The first kappa shape index (κ1) is 14.2. The largest absolute Gasteiger partial charge is 0.490 e. The molecule has 0 saturated carbocycles. The van der Waals surface area contributed by atoms with E-state index >= 15 is 0 Å². The van der Waals surface area contributed by atoms with E-state index in [-0.39, 0.29) is 0 Å². The summed E-state index contributed by atoms with van der Waals surface area (Å²) in [7, 11) is 0. The van der Waals surface area contributed by atoms with Gasteiger partial charge >= 0.3 is 0 Å². The van der Waals surface area contributed by atoms with Crippen molar-refractivity contribution < 1.29 is 19.5 Å². The summed E-state index contributed by atoms with van der Waals surface area (Å²) in [5.74, 6) is 1.05. The van der Waals surface area contributed by atoms with Gasteiger partial charge in [-0.3, -0.25) is 10.1 Å². The van der Waals surface area contributed by atoms with E-state index in [9.17, 15) is 15.2 Å². The number of aliphatic hydroxyl groups is 1. The van der Waals surface area contributed by atoms with Crippen LogP contribution in [0.25, 0.3) is 0 Å². The summed E-state index contributed by atoms with van der Waals surface area (Å²) in [6.45, 7) is 4.10. The van der Waals surface area contributed by atoms with Gasteiger partial charge in [0, 0.05) is 4.92 Å². The Morgan fingerprint density at radius 3 is 2.44 bits per heavy atom. The third kappa shape index (κ3) is 3.89. The van der Waals surface area contributed by atoms with Gasteiger partial charge in [0.15, 0.2) is 11.5 Å². The fourth-order valence-corrected chi connectivity index (χ4v) is 1.52. The van der Waals surface area contributed by atoms with Crippen LogP contribution in [0.4, 0.5) is 0 Å². The lowest BCUT2D eigenvalue weighted by Gasteiger charge is -2.13.